The van der Waals surface area contributed by atoms with Crippen molar-refractivity contribution in [1.82, 2.24) is 20.9 Å². The summed E-state index contributed by atoms with van der Waals surface area (Å²) in [4.78, 5) is 65.3. The van der Waals surface area contributed by atoms with Crippen LogP contribution in [0.1, 0.15) is 17.5 Å². The smallest absolute Gasteiger partial charge is 0.328 e. The molecule has 4 atom stereocenters. The summed E-state index contributed by atoms with van der Waals surface area (Å²) in [6.45, 7) is -0.895. The van der Waals surface area contributed by atoms with Gasteiger partial charge in [-0.3, -0.25) is 19.2 Å². The molecule has 0 radical (unpaired) electrons. The van der Waals surface area contributed by atoms with Crippen LogP contribution in [0.3, 0.4) is 0 Å². The first-order chi connectivity index (χ1) is 19.5. The highest BCUT2D eigenvalue weighted by molar-refractivity contribution is 5.96. The van der Waals surface area contributed by atoms with Gasteiger partial charge in [-0.05, 0) is 35.7 Å². The third kappa shape index (κ3) is 8.52. The first-order valence-electron chi connectivity index (χ1n) is 12.6. The van der Waals surface area contributed by atoms with Crippen molar-refractivity contribution >= 4 is 40.5 Å². The second-order valence-corrected chi connectivity index (χ2v) is 9.42. The number of benzene rings is 2. The average molecular weight is 569 g/mol. The number of nitrogens with two attached hydrogens (primary N) is 2. The summed E-state index contributed by atoms with van der Waals surface area (Å²) in [5, 5.41) is 35.8. The number of aliphatic carboxylic acids is 1. The molecule has 0 aliphatic heterocycles. The minimum Gasteiger partial charge on any atom is -0.508 e. The molecule has 14 nitrogen and oxygen atoms in total. The molecule has 4 unspecified atom stereocenters. The highest BCUT2D eigenvalue weighted by Crippen LogP contribution is 2.19. The predicted octanol–water partition coefficient (Wildman–Crippen LogP) is -1.61. The Morgan fingerprint density at radius 1 is 0.829 bits per heavy atom. The molecule has 0 spiro atoms. The van der Waals surface area contributed by atoms with Crippen LogP contribution in [-0.4, -0.2) is 80.7 Å². The fourth-order valence-corrected chi connectivity index (χ4v) is 4.13. The number of carboxylic acids is 1. The molecule has 3 rings (SSSR count). The molecular weight excluding hydrogens is 536 g/mol. The van der Waals surface area contributed by atoms with Gasteiger partial charge in [0.1, 0.15) is 23.9 Å². The van der Waals surface area contributed by atoms with Crippen molar-refractivity contribution in [2.75, 3.05) is 6.61 Å². The van der Waals surface area contributed by atoms with E-state index in [0.29, 0.717) is 11.1 Å². The van der Waals surface area contributed by atoms with E-state index < -0.39 is 66.8 Å². The Bertz CT molecular complexity index is 1410. The van der Waals surface area contributed by atoms with Gasteiger partial charge in [0, 0.05) is 23.5 Å². The van der Waals surface area contributed by atoms with E-state index in [1.54, 1.807) is 42.6 Å². The number of H-pyrrole nitrogens is 1. The van der Waals surface area contributed by atoms with Crippen molar-refractivity contribution in [1.29, 1.82) is 0 Å². The van der Waals surface area contributed by atoms with E-state index in [1.807, 2.05) is 0 Å². The number of carbonyl (C=O) groups excluding carboxylic acids is 4. The summed E-state index contributed by atoms with van der Waals surface area (Å²) in [6.07, 6.45) is 0.972. The SMILES string of the molecule is NC(=O)CC(NC(=O)C(N)Cc1ccc(O)cc1)C(=O)NC(Cc1c[nH]c2ccccc12)C(=O)NC(CO)C(=O)O. The first-order valence-corrected chi connectivity index (χ1v) is 12.6. The van der Waals surface area contributed by atoms with Gasteiger partial charge in [0.2, 0.25) is 23.6 Å². The number of fused-ring (bicyclic) bond motifs is 1. The van der Waals surface area contributed by atoms with E-state index in [9.17, 15) is 39.3 Å². The number of aromatic hydroxyl groups is 1. The Hall–Kier alpha value is -4.95. The number of primary amides is 1. The first kappa shape index (κ1) is 30.6. The van der Waals surface area contributed by atoms with E-state index in [-0.39, 0.29) is 18.6 Å². The number of hydrogen-bond acceptors (Lipinski definition) is 8. The van der Waals surface area contributed by atoms with E-state index in [2.05, 4.69) is 20.9 Å². The number of aliphatic hydroxyl groups is 1. The van der Waals surface area contributed by atoms with Crippen molar-refractivity contribution < 1.29 is 39.3 Å². The van der Waals surface area contributed by atoms with Gasteiger partial charge in [-0.2, -0.15) is 0 Å². The number of carbonyl (C=O) groups is 5. The molecule has 218 valence electrons. The molecule has 0 saturated carbocycles. The minimum absolute atomic E-state index is 0.0323. The molecule has 14 heteroatoms. The summed E-state index contributed by atoms with van der Waals surface area (Å²) < 4.78 is 0. The molecule has 1 aromatic heterocycles. The number of phenols is 1. The Balaban J connectivity index is 1.80. The number of aliphatic hydroxyl groups excluding tert-OH is 1. The Kier molecular flexibility index (Phi) is 10.4. The molecule has 3 aromatic rings. The predicted molar refractivity (Wildman–Crippen MR) is 146 cm³/mol. The van der Waals surface area contributed by atoms with Crippen LogP contribution in [0.4, 0.5) is 0 Å². The summed E-state index contributed by atoms with van der Waals surface area (Å²) in [6, 6.07) is 7.53. The molecule has 1 heterocycles. The number of amides is 4. The lowest BCUT2D eigenvalue weighted by Crippen LogP contribution is -2.58. The zero-order valence-corrected chi connectivity index (χ0v) is 21.9. The minimum atomic E-state index is -1.64. The van der Waals surface area contributed by atoms with Crippen LogP contribution in [0.5, 0.6) is 5.75 Å². The van der Waals surface area contributed by atoms with Gasteiger partial charge < -0.3 is 47.7 Å². The zero-order chi connectivity index (χ0) is 30.1. The van der Waals surface area contributed by atoms with Gasteiger partial charge in [-0.1, -0.05) is 30.3 Å². The van der Waals surface area contributed by atoms with Gasteiger partial charge in [0.05, 0.1) is 19.1 Å². The van der Waals surface area contributed by atoms with Gasteiger partial charge in [0.15, 0.2) is 0 Å². The normalized spacial score (nSPS) is 13.9. The monoisotopic (exact) mass is 568 g/mol. The molecule has 11 N–H and O–H groups in total. The summed E-state index contributed by atoms with van der Waals surface area (Å²) >= 11 is 0. The molecule has 2 aromatic carbocycles. The zero-order valence-electron chi connectivity index (χ0n) is 21.9. The van der Waals surface area contributed by atoms with Gasteiger partial charge >= 0.3 is 5.97 Å². The largest absolute Gasteiger partial charge is 0.508 e. The van der Waals surface area contributed by atoms with E-state index in [0.717, 1.165) is 10.9 Å². The number of aromatic nitrogens is 1. The standard InChI is InChI=1S/C27H32N6O8/c28-18(9-14-5-7-16(35)8-6-14)24(37)31-21(11-23(29)36)26(39)32-20(25(38)33-22(13-34)27(40)41)10-15-12-30-19-4-2-1-3-17(15)19/h1-8,12,18,20-22,30,34-35H,9-11,13,28H2,(H2,29,36)(H,31,37)(H,32,39)(H,33,38)(H,40,41). The van der Waals surface area contributed by atoms with Crippen LogP contribution >= 0.6 is 0 Å². The quantitative estimate of drug-likeness (QED) is 0.108. The van der Waals surface area contributed by atoms with Crippen LogP contribution in [0.15, 0.2) is 54.7 Å². The molecule has 4 amide bonds. The lowest BCUT2D eigenvalue weighted by atomic mass is 10.0. The number of nitrogens with one attached hydrogen (secondary N) is 4. The topological polar surface area (TPSA) is 250 Å². The van der Waals surface area contributed by atoms with Gasteiger partial charge in [-0.25, -0.2) is 4.79 Å². The number of hydrogen-bond donors (Lipinski definition) is 9. The van der Waals surface area contributed by atoms with Crippen LogP contribution in [-0.2, 0) is 36.8 Å². The molecule has 41 heavy (non-hydrogen) atoms. The maximum absolute atomic E-state index is 13.3. The maximum Gasteiger partial charge on any atom is 0.328 e. The van der Waals surface area contributed by atoms with E-state index in [1.165, 1.54) is 12.1 Å². The molecule has 0 aliphatic rings. The van der Waals surface area contributed by atoms with Crippen LogP contribution in [0, 0.1) is 0 Å². The molecule has 0 saturated heterocycles. The highest BCUT2D eigenvalue weighted by atomic mass is 16.4. The second kappa shape index (κ2) is 13.9. The average Bonchev–Trinajstić information content (AvgIpc) is 3.34. The fraction of sp³-hybridized carbons (Fsp3) is 0.296. The lowest BCUT2D eigenvalue weighted by Gasteiger charge is -2.24. The van der Waals surface area contributed by atoms with Crippen LogP contribution in [0.25, 0.3) is 10.9 Å². The van der Waals surface area contributed by atoms with Gasteiger partial charge in [-0.15, -0.1) is 0 Å². The number of rotatable bonds is 14. The number of para-hydroxylation sites is 1. The fourth-order valence-electron chi connectivity index (χ4n) is 4.13. The van der Waals surface area contributed by atoms with Crippen molar-refractivity contribution in [3.05, 3.63) is 65.9 Å². The third-order valence-electron chi connectivity index (χ3n) is 6.30. The number of aromatic amines is 1. The second-order valence-electron chi connectivity index (χ2n) is 9.42. The van der Waals surface area contributed by atoms with Gasteiger partial charge in [0.25, 0.3) is 0 Å². The summed E-state index contributed by atoms with van der Waals surface area (Å²) in [5.74, 6) is -5.00. The molecular formula is C27H32N6O8. The molecule has 0 aliphatic carbocycles. The van der Waals surface area contributed by atoms with Crippen molar-refractivity contribution in [3.8, 4) is 5.75 Å². The summed E-state index contributed by atoms with van der Waals surface area (Å²) in [5.41, 5.74) is 13.3. The molecule has 0 fully saturated rings. The summed E-state index contributed by atoms with van der Waals surface area (Å²) in [7, 11) is 0. The highest BCUT2D eigenvalue weighted by Gasteiger charge is 2.31. The number of carboxylic acid groups (broad SMARTS) is 1. The van der Waals surface area contributed by atoms with Crippen molar-refractivity contribution in [3.63, 3.8) is 0 Å². The maximum atomic E-state index is 13.3. The number of phenolic OH excluding ortho intramolecular Hbond substituents is 1. The molecule has 0 bridgehead atoms. The lowest BCUT2D eigenvalue weighted by molar-refractivity contribution is -0.143. The van der Waals surface area contributed by atoms with E-state index in [4.69, 9.17) is 11.5 Å². The van der Waals surface area contributed by atoms with Crippen LogP contribution in [0.2, 0.25) is 0 Å². The van der Waals surface area contributed by atoms with Crippen molar-refractivity contribution in [2.24, 2.45) is 11.5 Å². The van der Waals surface area contributed by atoms with Crippen molar-refractivity contribution in [2.45, 2.75) is 43.4 Å². The van der Waals surface area contributed by atoms with E-state index >= 15 is 0 Å². The van der Waals surface area contributed by atoms with Crippen LogP contribution < -0.4 is 27.4 Å². The third-order valence-corrected chi connectivity index (χ3v) is 6.30. The Morgan fingerprint density at radius 3 is 2.07 bits per heavy atom. The Morgan fingerprint density at radius 2 is 1.44 bits per heavy atom. The Labute approximate surface area is 234 Å².